The van der Waals surface area contributed by atoms with E-state index in [-0.39, 0.29) is 5.91 Å². The first-order valence-electron chi connectivity index (χ1n) is 7.34. The van der Waals surface area contributed by atoms with E-state index in [0.717, 1.165) is 24.1 Å². The second-order valence-electron chi connectivity index (χ2n) is 4.83. The molecule has 1 aromatic rings. The van der Waals surface area contributed by atoms with Crippen molar-refractivity contribution in [3.8, 4) is 0 Å². The molecule has 0 aromatic heterocycles. The Hall–Kier alpha value is -1.39. The topological polar surface area (TPSA) is 55.6 Å². The van der Waals surface area contributed by atoms with Gasteiger partial charge in [-0.05, 0) is 50.9 Å². The highest BCUT2D eigenvalue weighted by Gasteiger charge is 2.14. The Morgan fingerprint density at radius 2 is 2.15 bits per heavy atom. The molecular formula is C16H26N2O2. The molecule has 20 heavy (non-hydrogen) atoms. The first-order valence-corrected chi connectivity index (χ1v) is 7.34. The number of aryl methyl sites for hydroxylation is 1. The number of amides is 1. The molecule has 1 aromatic carbocycles. The highest BCUT2D eigenvalue weighted by molar-refractivity contribution is 5.93. The zero-order chi connectivity index (χ0) is 14.8. The minimum Gasteiger partial charge on any atom is -0.382 e. The lowest BCUT2D eigenvalue weighted by molar-refractivity contribution is -0.119. The fourth-order valence-corrected chi connectivity index (χ4v) is 2.05. The summed E-state index contributed by atoms with van der Waals surface area (Å²) in [5.74, 6) is 0.142. The summed E-state index contributed by atoms with van der Waals surface area (Å²) in [5, 5.41) is 0. The SMILES string of the molecule is CCOCCCC(=O)N(CCCN)c1cccc(C)c1. The molecule has 0 heterocycles. The Morgan fingerprint density at radius 1 is 1.35 bits per heavy atom. The number of hydrogen-bond donors (Lipinski definition) is 1. The zero-order valence-corrected chi connectivity index (χ0v) is 12.6. The zero-order valence-electron chi connectivity index (χ0n) is 12.6. The predicted molar refractivity (Wildman–Crippen MR) is 82.9 cm³/mol. The molecule has 2 N–H and O–H groups in total. The van der Waals surface area contributed by atoms with Gasteiger partial charge in [-0.3, -0.25) is 4.79 Å². The maximum absolute atomic E-state index is 12.4. The Morgan fingerprint density at radius 3 is 2.80 bits per heavy atom. The first kappa shape index (κ1) is 16.7. The number of rotatable bonds is 9. The molecule has 0 saturated heterocycles. The summed E-state index contributed by atoms with van der Waals surface area (Å²) in [7, 11) is 0. The summed E-state index contributed by atoms with van der Waals surface area (Å²) < 4.78 is 5.28. The van der Waals surface area contributed by atoms with Gasteiger partial charge in [-0.25, -0.2) is 0 Å². The lowest BCUT2D eigenvalue weighted by Gasteiger charge is -2.23. The largest absolute Gasteiger partial charge is 0.382 e. The van der Waals surface area contributed by atoms with E-state index in [2.05, 4.69) is 0 Å². The second kappa shape index (κ2) is 9.50. The third-order valence-electron chi connectivity index (χ3n) is 3.08. The highest BCUT2D eigenvalue weighted by Crippen LogP contribution is 2.17. The van der Waals surface area contributed by atoms with Crippen molar-refractivity contribution >= 4 is 11.6 Å². The van der Waals surface area contributed by atoms with Crippen LogP contribution in [-0.4, -0.2) is 32.2 Å². The Labute approximate surface area is 121 Å². The standard InChI is InChI=1S/C16H26N2O2/c1-3-20-12-5-9-16(19)18(11-6-10-17)15-8-4-7-14(2)13-15/h4,7-8,13H,3,5-6,9-12,17H2,1-2H3. The van der Waals surface area contributed by atoms with E-state index in [4.69, 9.17) is 10.5 Å². The van der Waals surface area contributed by atoms with Gasteiger partial charge in [0, 0.05) is 31.9 Å². The van der Waals surface area contributed by atoms with Gasteiger partial charge in [-0.1, -0.05) is 12.1 Å². The second-order valence-corrected chi connectivity index (χ2v) is 4.83. The lowest BCUT2D eigenvalue weighted by atomic mass is 10.2. The van der Waals surface area contributed by atoms with E-state index in [1.165, 1.54) is 0 Å². The number of carbonyl (C=O) groups is 1. The van der Waals surface area contributed by atoms with E-state index >= 15 is 0 Å². The summed E-state index contributed by atoms with van der Waals surface area (Å²) in [6, 6.07) is 8.03. The molecule has 1 amide bonds. The van der Waals surface area contributed by atoms with E-state index in [1.807, 2.05) is 43.0 Å². The van der Waals surface area contributed by atoms with E-state index in [1.54, 1.807) is 0 Å². The highest BCUT2D eigenvalue weighted by atomic mass is 16.5. The fraction of sp³-hybridized carbons (Fsp3) is 0.562. The molecule has 0 fully saturated rings. The van der Waals surface area contributed by atoms with E-state index < -0.39 is 0 Å². The molecule has 4 nitrogen and oxygen atoms in total. The molecule has 112 valence electrons. The van der Waals surface area contributed by atoms with Crippen LogP contribution in [0.3, 0.4) is 0 Å². The van der Waals surface area contributed by atoms with Crippen LogP contribution >= 0.6 is 0 Å². The normalized spacial score (nSPS) is 10.6. The van der Waals surface area contributed by atoms with Crippen LogP contribution < -0.4 is 10.6 Å². The Kier molecular flexibility index (Phi) is 7.92. The number of nitrogens with zero attached hydrogens (tertiary/aromatic N) is 1. The van der Waals surface area contributed by atoms with Gasteiger partial charge in [-0.2, -0.15) is 0 Å². The molecule has 0 spiro atoms. The van der Waals surface area contributed by atoms with Crippen molar-refractivity contribution in [2.75, 3.05) is 31.2 Å². The van der Waals surface area contributed by atoms with E-state index in [9.17, 15) is 4.79 Å². The van der Waals surface area contributed by atoms with E-state index in [0.29, 0.717) is 32.7 Å². The van der Waals surface area contributed by atoms with Crippen molar-refractivity contribution in [1.29, 1.82) is 0 Å². The van der Waals surface area contributed by atoms with Crippen molar-refractivity contribution in [2.45, 2.75) is 33.1 Å². The molecule has 0 unspecified atom stereocenters. The van der Waals surface area contributed by atoms with Gasteiger partial charge < -0.3 is 15.4 Å². The van der Waals surface area contributed by atoms with Crippen molar-refractivity contribution in [2.24, 2.45) is 5.73 Å². The lowest BCUT2D eigenvalue weighted by Crippen LogP contribution is -2.33. The van der Waals surface area contributed by atoms with Gasteiger partial charge in [0.25, 0.3) is 0 Å². The van der Waals surface area contributed by atoms with Gasteiger partial charge in [0.2, 0.25) is 5.91 Å². The summed E-state index contributed by atoms with van der Waals surface area (Å²) in [5.41, 5.74) is 7.68. The van der Waals surface area contributed by atoms with Gasteiger partial charge in [-0.15, -0.1) is 0 Å². The molecule has 0 aliphatic heterocycles. The third-order valence-corrected chi connectivity index (χ3v) is 3.08. The third kappa shape index (κ3) is 5.72. The number of hydrogen-bond acceptors (Lipinski definition) is 3. The molecule has 0 aliphatic rings. The summed E-state index contributed by atoms with van der Waals surface area (Å²) in [6.45, 7) is 6.60. The van der Waals surface area contributed by atoms with Gasteiger partial charge in [0.05, 0.1) is 0 Å². The van der Waals surface area contributed by atoms with Crippen LogP contribution in [0.2, 0.25) is 0 Å². The van der Waals surface area contributed by atoms with Gasteiger partial charge in [0.1, 0.15) is 0 Å². The monoisotopic (exact) mass is 278 g/mol. The van der Waals surface area contributed by atoms with Crippen LogP contribution in [0.15, 0.2) is 24.3 Å². The van der Waals surface area contributed by atoms with Gasteiger partial charge in [0.15, 0.2) is 0 Å². The number of benzene rings is 1. The summed E-state index contributed by atoms with van der Waals surface area (Å²) in [6.07, 6.45) is 2.08. The molecule has 4 heteroatoms. The average Bonchev–Trinajstić information content (AvgIpc) is 2.44. The average molecular weight is 278 g/mol. The van der Waals surface area contributed by atoms with Crippen LogP contribution in [0, 0.1) is 6.92 Å². The molecule has 0 aliphatic carbocycles. The minimum atomic E-state index is 0.142. The van der Waals surface area contributed by atoms with Crippen LogP contribution in [0.1, 0.15) is 31.7 Å². The summed E-state index contributed by atoms with van der Waals surface area (Å²) in [4.78, 5) is 14.2. The molecule has 0 saturated carbocycles. The Balaban J connectivity index is 2.65. The number of anilines is 1. The predicted octanol–water partition coefficient (Wildman–Crippen LogP) is 2.49. The van der Waals surface area contributed by atoms with Crippen molar-refractivity contribution in [3.63, 3.8) is 0 Å². The molecular weight excluding hydrogens is 252 g/mol. The number of nitrogens with two attached hydrogens (primary N) is 1. The maximum Gasteiger partial charge on any atom is 0.227 e. The van der Waals surface area contributed by atoms with Crippen LogP contribution in [0.25, 0.3) is 0 Å². The molecule has 0 atom stereocenters. The fourth-order valence-electron chi connectivity index (χ4n) is 2.05. The number of ether oxygens (including phenoxy) is 1. The maximum atomic E-state index is 12.4. The van der Waals surface area contributed by atoms with Crippen LogP contribution in [0.5, 0.6) is 0 Å². The quantitative estimate of drug-likeness (QED) is 0.706. The van der Waals surface area contributed by atoms with Crippen molar-refractivity contribution < 1.29 is 9.53 Å². The van der Waals surface area contributed by atoms with Crippen molar-refractivity contribution in [1.82, 2.24) is 0 Å². The van der Waals surface area contributed by atoms with Crippen LogP contribution in [-0.2, 0) is 9.53 Å². The van der Waals surface area contributed by atoms with Crippen molar-refractivity contribution in [3.05, 3.63) is 29.8 Å². The minimum absolute atomic E-state index is 0.142. The smallest absolute Gasteiger partial charge is 0.227 e. The molecule has 1 rings (SSSR count). The van der Waals surface area contributed by atoms with Gasteiger partial charge >= 0.3 is 0 Å². The first-order chi connectivity index (χ1) is 9.69. The Bertz CT molecular complexity index is 407. The van der Waals surface area contributed by atoms with Crippen LogP contribution in [0.4, 0.5) is 5.69 Å². The molecule has 0 bridgehead atoms. The summed E-state index contributed by atoms with van der Waals surface area (Å²) >= 11 is 0. The molecule has 0 radical (unpaired) electrons. The number of carbonyl (C=O) groups excluding carboxylic acids is 1.